The highest BCUT2D eigenvalue weighted by atomic mass is 16.5. The minimum atomic E-state index is -0.759. The number of aliphatic hydroxyl groups is 1. The van der Waals surface area contributed by atoms with Crippen molar-refractivity contribution < 1.29 is 19.4 Å². The second kappa shape index (κ2) is 7.34. The van der Waals surface area contributed by atoms with E-state index in [1.807, 2.05) is 0 Å². The first kappa shape index (κ1) is 18.6. The van der Waals surface area contributed by atoms with Crippen LogP contribution < -0.4 is 14.8 Å². The number of rotatable bonds is 7. The fourth-order valence-corrected chi connectivity index (χ4v) is 6.30. The van der Waals surface area contributed by atoms with E-state index in [0.29, 0.717) is 23.5 Å². The Labute approximate surface area is 161 Å². The van der Waals surface area contributed by atoms with Gasteiger partial charge in [-0.1, -0.05) is 6.07 Å². The second-order valence-corrected chi connectivity index (χ2v) is 9.03. The maximum absolute atomic E-state index is 12.6. The number of nitrogens with one attached hydrogen (secondary N) is 1. The Morgan fingerprint density at radius 1 is 1.11 bits per heavy atom. The van der Waals surface area contributed by atoms with E-state index in [0.717, 1.165) is 17.8 Å². The number of benzene rings is 1. The van der Waals surface area contributed by atoms with E-state index in [4.69, 9.17) is 9.47 Å². The van der Waals surface area contributed by atoms with Crippen LogP contribution in [-0.4, -0.2) is 31.8 Å². The van der Waals surface area contributed by atoms with Crippen molar-refractivity contribution in [2.45, 2.75) is 51.0 Å². The molecule has 4 aliphatic rings. The van der Waals surface area contributed by atoms with Gasteiger partial charge in [0.25, 0.3) is 0 Å². The zero-order valence-electron chi connectivity index (χ0n) is 16.4. The molecule has 4 fully saturated rings. The molecule has 4 aliphatic carbocycles. The van der Waals surface area contributed by atoms with Crippen LogP contribution in [0.3, 0.4) is 0 Å². The van der Waals surface area contributed by atoms with Gasteiger partial charge in [0.2, 0.25) is 5.91 Å². The Bertz CT molecular complexity index is 666. The van der Waals surface area contributed by atoms with Crippen LogP contribution in [0.5, 0.6) is 11.5 Å². The first-order valence-corrected chi connectivity index (χ1v) is 10.2. The third-order valence-electron chi connectivity index (χ3n) is 6.99. The summed E-state index contributed by atoms with van der Waals surface area (Å²) >= 11 is 0. The van der Waals surface area contributed by atoms with E-state index in [1.165, 1.54) is 38.5 Å². The van der Waals surface area contributed by atoms with Crippen molar-refractivity contribution in [3.05, 3.63) is 23.8 Å². The standard InChI is InChI=1S/C22H31NO4/c1-26-19-4-3-17(8-20(19)27-2)18(24)13-23-21(25)12-22-9-14-5-15(10-22)7-16(6-14)11-22/h3-4,8,14-16,18,24H,5-7,9-13H2,1-2H3,(H,23,25). The summed E-state index contributed by atoms with van der Waals surface area (Å²) in [6.45, 7) is 0.223. The molecule has 0 heterocycles. The number of hydrogen-bond acceptors (Lipinski definition) is 4. The average molecular weight is 373 g/mol. The van der Waals surface area contributed by atoms with Gasteiger partial charge in [0.05, 0.1) is 20.3 Å². The molecule has 5 heteroatoms. The van der Waals surface area contributed by atoms with E-state index in [-0.39, 0.29) is 17.9 Å². The molecule has 0 spiro atoms. The number of methoxy groups -OCH3 is 2. The minimum absolute atomic E-state index is 0.0801. The van der Waals surface area contributed by atoms with Crippen molar-refractivity contribution in [1.29, 1.82) is 0 Å². The van der Waals surface area contributed by atoms with Gasteiger partial charge in [-0.15, -0.1) is 0 Å². The monoisotopic (exact) mass is 373 g/mol. The van der Waals surface area contributed by atoms with Gasteiger partial charge in [-0.05, 0) is 79.4 Å². The molecule has 0 saturated heterocycles. The van der Waals surface area contributed by atoms with Crippen LogP contribution in [-0.2, 0) is 4.79 Å². The highest BCUT2D eigenvalue weighted by Crippen LogP contribution is 2.61. The largest absolute Gasteiger partial charge is 0.493 e. The van der Waals surface area contributed by atoms with Crippen LogP contribution in [0.2, 0.25) is 0 Å². The van der Waals surface area contributed by atoms with Gasteiger partial charge in [0.15, 0.2) is 11.5 Å². The van der Waals surface area contributed by atoms with Crippen LogP contribution in [0.1, 0.15) is 56.6 Å². The van der Waals surface area contributed by atoms with Crippen molar-refractivity contribution in [3.63, 3.8) is 0 Å². The topological polar surface area (TPSA) is 67.8 Å². The van der Waals surface area contributed by atoms with Crippen molar-refractivity contribution in [2.24, 2.45) is 23.2 Å². The molecule has 0 radical (unpaired) electrons. The molecule has 1 atom stereocenters. The van der Waals surface area contributed by atoms with Crippen molar-refractivity contribution in [2.75, 3.05) is 20.8 Å². The molecule has 1 unspecified atom stereocenters. The Balaban J connectivity index is 1.33. The molecule has 5 rings (SSSR count). The SMILES string of the molecule is COc1ccc(C(O)CNC(=O)CC23CC4CC(CC(C4)C2)C3)cc1OC. The Morgan fingerprint density at radius 2 is 1.70 bits per heavy atom. The predicted molar refractivity (Wildman–Crippen MR) is 103 cm³/mol. The molecule has 2 N–H and O–H groups in total. The Kier molecular flexibility index (Phi) is 5.06. The van der Waals surface area contributed by atoms with E-state index in [2.05, 4.69) is 5.32 Å². The third-order valence-corrected chi connectivity index (χ3v) is 6.99. The molecule has 0 aromatic heterocycles. The van der Waals surface area contributed by atoms with E-state index in [1.54, 1.807) is 32.4 Å². The molecular weight excluding hydrogens is 342 g/mol. The van der Waals surface area contributed by atoms with Gasteiger partial charge in [0, 0.05) is 13.0 Å². The highest BCUT2D eigenvalue weighted by Gasteiger charge is 2.51. The van der Waals surface area contributed by atoms with Crippen molar-refractivity contribution >= 4 is 5.91 Å². The number of aliphatic hydroxyl groups excluding tert-OH is 1. The lowest BCUT2D eigenvalue weighted by atomic mass is 9.49. The van der Waals surface area contributed by atoms with Crippen LogP contribution in [0, 0.1) is 23.2 Å². The van der Waals surface area contributed by atoms with Crippen molar-refractivity contribution in [1.82, 2.24) is 5.32 Å². The number of ether oxygens (including phenoxy) is 2. The zero-order valence-corrected chi connectivity index (χ0v) is 16.4. The maximum atomic E-state index is 12.6. The summed E-state index contributed by atoms with van der Waals surface area (Å²) in [4.78, 5) is 12.6. The van der Waals surface area contributed by atoms with Gasteiger partial charge in [-0.25, -0.2) is 0 Å². The first-order valence-electron chi connectivity index (χ1n) is 10.2. The second-order valence-electron chi connectivity index (χ2n) is 9.03. The summed E-state index contributed by atoms with van der Waals surface area (Å²) in [5.41, 5.74) is 0.940. The molecule has 27 heavy (non-hydrogen) atoms. The molecule has 5 nitrogen and oxygen atoms in total. The predicted octanol–water partition coefficient (Wildman–Crippen LogP) is 3.46. The molecule has 1 aromatic rings. The summed E-state index contributed by atoms with van der Waals surface area (Å²) < 4.78 is 10.5. The lowest BCUT2D eigenvalue weighted by molar-refractivity contribution is -0.129. The van der Waals surface area contributed by atoms with Gasteiger partial charge in [-0.3, -0.25) is 4.79 Å². The van der Waals surface area contributed by atoms with E-state index < -0.39 is 6.10 Å². The Morgan fingerprint density at radius 3 is 2.26 bits per heavy atom. The third kappa shape index (κ3) is 3.79. The fourth-order valence-electron chi connectivity index (χ4n) is 6.30. The van der Waals surface area contributed by atoms with Gasteiger partial charge in [0.1, 0.15) is 0 Å². The van der Waals surface area contributed by atoms with E-state index >= 15 is 0 Å². The molecule has 1 aromatic carbocycles. The molecular formula is C22H31NO4. The normalized spacial score (nSPS) is 32.2. The quantitative estimate of drug-likeness (QED) is 0.768. The van der Waals surface area contributed by atoms with Crippen LogP contribution in [0.25, 0.3) is 0 Å². The Hall–Kier alpha value is -1.75. The smallest absolute Gasteiger partial charge is 0.220 e. The van der Waals surface area contributed by atoms with Crippen LogP contribution in [0.4, 0.5) is 0 Å². The lowest BCUT2D eigenvalue weighted by Crippen LogP contribution is -2.48. The van der Waals surface area contributed by atoms with Gasteiger partial charge < -0.3 is 19.9 Å². The summed E-state index contributed by atoms with van der Waals surface area (Å²) in [5, 5.41) is 13.4. The number of carbonyl (C=O) groups excluding carboxylic acids is 1. The fraction of sp³-hybridized carbons (Fsp3) is 0.682. The summed E-state index contributed by atoms with van der Waals surface area (Å²) in [6.07, 6.45) is 7.70. The number of carbonyl (C=O) groups is 1. The molecule has 4 bridgehead atoms. The van der Waals surface area contributed by atoms with Crippen LogP contribution in [0.15, 0.2) is 18.2 Å². The van der Waals surface area contributed by atoms with E-state index in [9.17, 15) is 9.90 Å². The summed E-state index contributed by atoms with van der Waals surface area (Å²) in [6, 6.07) is 5.33. The summed E-state index contributed by atoms with van der Waals surface area (Å²) in [5.74, 6) is 3.83. The molecule has 148 valence electrons. The average Bonchev–Trinajstić information content (AvgIpc) is 2.64. The number of amides is 1. The highest BCUT2D eigenvalue weighted by molar-refractivity contribution is 5.76. The van der Waals surface area contributed by atoms with Crippen LogP contribution >= 0.6 is 0 Å². The molecule has 1 amide bonds. The molecule has 4 saturated carbocycles. The van der Waals surface area contributed by atoms with Gasteiger partial charge >= 0.3 is 0 Å². The number of hydrogen-bond donors (Lipinski definition) is 2. The summed E-state index contributed by atoms with van der Waals surface area (Å²) in [7, 11) is 3.15. The minimum Gasteiger partial charge on any atom is -0.493 e. The maximum Gasteiger partial charge on any atom is 0.220 e. The molecule has 0 aliphatic heterocycles. The van der Waals surface area contributed by atoms with Gasteiger partial charge in [-0.2, -0.15) is 0 Å². The lowest BCUT2D eigenvalue weighted by Gasteiger charge is -2.56. The first-order chi connectivity index (χ1) is 13.0. The van der Waals surface area contributed by atoms with Crippen molar-refractivity contribution in [3.8, 4) is 11.5 Å². The zero-order chi connectivity index (χ0) is 19.0.